The van der Waals surface area contributed by atoms with E-state index >= 15 is 0 Å². The predicted molar refractivity (Wildman–Crippen MR) is 114 cm³/mol. The number of thiophene rings is 1. The van der Waals surface area contributed by atoms with Crippen LogP contribution in [0.2, 0.25) is 0 Å². The molecular weight excluding hydrogens is 371 g/mol. The number of fused-ring (bicyclic) bond motifs is 1. The first-order valence-corrected chi connectivity index (χ1v) is 10.2. The fourth-order valence-electron chi connectivity index (χ4n) is 3.44. The van der Waals surface area contributed by atoms with Crippen LogP contribution in [-0.4, -0.2) is 9.55 Å². The average Bonchev–Trinajstić information content (AvgIpc) is 3.10. The summed E-state index contributed by atoms with van der Waals surface area (Å²) in [6, 6.07) is 12.6. The Morgan fingerprint density at radius 1 is 1.11 bits per heavy atom. The number of hydrogen-bond acceptors (Lipinski definition) is 3. The first kappa shape index (κ1) is 18.6. The molecule has 28 heavy (non-hydrogen) atoms. The average molecular weight is 392 g/mol. The molecule has 2 aromatic carbocycles. The van der Waals surface area contributed by atoms with Gasteiger partial charge in [0.1, 0.15) is 16.5 Å². The number of rotatable bonds is 4. The fourth-order valence-corrected chi connectivity index (χ4v) is 4.40. The molecule has 5 heteroatoms. The van der Waals surface area contributed by atoms with Crippen molar-refractivity contribution < 1.29 is 4.39 Å². The highest BCUT2D eigenvalue weighted by molar-refractivity contribution is 7.17. The molecule has 0 N–H and O–H groups in total. The van der Waals surface area contributed by atoms with Gasteiger partial charge in [0.15, 0.2) is 0 Å². The first-order valence-electron chi connectivity index (χ1n) is 9.31. The van der Waals surface area contributed by atoms with Crippen LogP contribution in [0.15, 0.2) is 52.6 Å². The topological polar surface area (TPSA) is 34.9 Å². The van der Waals surface area contributed by atoms with Crippen molar-refractivity contribution in [1.82, 2.24) is 9.55 Å². The van der Waals surface area contributed by atoms with Gasteiger partial charge in [0.2, 0.25) is 0 Å². The van der Waals surface area contributed by atoms with Gasteiger partial charge in [0.25, 0.3) is 5.56 Å². The third-order valence-electron chi connectivity index (χ3n) is 5.14. The summed E-state index contributed by atoms with van der Waals surface area (Å²) in [7, 11) is 0. The second kappa shape index (κ2) is 7.32. The summed E-state index contributed by atoms with van der Waals surface area (Å²) in [5.41, 5.74) is 5.03. The molecule has 0 aliphatic heterocycles. The van der Waals surface area contributed by atoms with E-state index in [0.29, 0.717) is 18.4 Å². The zero-order valence-electron chi connectivity index (χ0n) is 16.1. The Bertz CT molecular complexity index is 1240. The van der Waals surface area contributed by atoms with Crippen molar-refractivity contribution in [1.29, 1.82) is 0 Å². The van der Waals surface area contributed by atoms with Crippen molar-refractivity contribution in [2.24, 2.45) is 0 Å². The standard InChI is InChI=1S/C23H21FN2OS/c1-4-20-25-22-21(19(13-28-22)17-9-8-14(2)15(3)10-17)23(27)26(20)12-16-6-5-7-18(24)11-16/h5-11,13H,4,12H2,1-3H3. The Kier molecular flexibility index (Phi) is 4.85. The Labute approximate surface area is 167 Å². The van der Waals surface area contributed by atoms with E-state index in [0.717, 1.165) is 27.3 Å². The second-order valence-electron chi connectivity index (χ2n) is 7.03. The third-order valence-corrected chi connectivity index (χ3v) is 6.01. The number of aromatic nitrogens is 2. The van der Waals surface area contributed by atoms with Crippen LogP contribution in [-0.2, 0) is 13.0 Å². The lowest BCUT2D eigenvalue weighted by Crippen LogP contribution is -2.25. The molecule has 142 valence electrons. The minimum absolute atomic E-state index is 0.0689. The quantitative estimate of drug-likeness (QED) is 0.460. The third kappa shape index (κ3) is 3.27. The molecule has 0 aliphatic rings. The van der Waals surface area contributed by atoms with Gasteiger partial charge in [0, 0.05) is 17.4 Å². The van der Waals surface area contributed by atoms with Crippen molar-refractivity contribution in [3.8, 4) is 11.1 Å². The summed E-state index contributed by atoms with van der Waals surface area (Å²) in [5.74, 6) is 0.416. The molecule has 0 saturated carbocycles. The number of halogens is 1. The lowest BCUT2D eigenvalue weighted by atomic mass is 10.0. The van der Waals surface area contributed by atoms with Gasteiger partial charge < -0.3 is 0 Å². The van der Waals surface area contributed by atoms with E-state index < -0.39 is 0 Å². The Morgan fingerprint density at radius 2 is 1.93 bits per heavy atom. The summed E-state index contributed by atoms with van der Waals surface area (Å²) in [4.78, 5) is 18.9. The van der Waals surface area contributed by atoms with Gasteiger partial charge in [-0.2, -0.15) is 0 Å². The van der Waals surface area contributed by atoms with Gasteiger partial charge in [-0.3, -0.25) is 9.36 Å². The molecule has 0 aliphatic carbocycles. The second-order valence-corrected chi connectivity index (χ2v) is 7.89. The molecule has 0 amide bonds. The van der Waals surface area contributed by atoms with Gasteiger partial charge in [-0.15, -0.1) is 11.3 Å². The largest absolute Gasteiger partial charge is 0.292 e. The number of aryl methyl sites for hydroxylation is 3. The number of benzene rings is 2. The zero-order valence-corrected chi connectivity index (χ0v) is 16.9. The SMILES string of the molecule is CCc1nc2scc(-c3ccc(C)c(C)c3)c2c(=O)n1Cc1cccc(F)c1. The van der Waals surface area contributed by atoms with Crippen LogP contribution in [0.3, 0.4) is 0 Å². The molecule has 0 saturated heterocycles. The predicted octanol–water partition coefficient (Wildman–Crippen LogP) is 5.49. The van der Waals surface area contributed by atoms with Crippen LogP contribution < -0.4 is 5.56 Å². The summed E-state index contributed by atoms with van der Waals surface area (Å²) in [5, 5.41) is 2.65. The van der Waals surface area contributed by atoms with Crippen molar-refractivity contribution in [3.05, 3.63) is 86.5 Å². The minimum atomic E-state index is -0.302. The number of hydrogen-bond donors (Lipinski definition) is 0. The van der Waals surface area contributed by atoms with E-state index in [1.165, 1.54) is 34.6 Å². The van der Waals surface area contributed by atoms with Crippen LogP contribution in [0.4, 0.5) is 4.39 Å². The normalized spacial score (nSPS) is 11.3. The maximum absolute atomic E-state index is 13.6. The van der Waals surface area contributed by atoms with Crippen LogP contribution in [0.5, 0.6) is 0 Å². The van der Waals surface area contributed by atoms with Crippen LogP contribution in [0, 0.1) is 19.7 Å². The number of nitrogens with zero attached hydrogens (tertiary/aromatic N) is 2. The zero-order chi connectivity index (χ0) is 19.8. The van der Waals surface area contributed by atoms with E-state index in [1.54, 1.807) is 10.6 Å². The summed E-state index contributed by atoms with van der Waals surface area (Å²) < 4.78 is 15.3. The molecule has 2 aromatic heterocycles. The molecule has 0 fully saturated rings. The molecular formula is C23H21FN2OS. The van der Waals surface area contributed by atoms with E-state index in [9.17, 15) is 9.18 Å². The lowest BCUT2D eigenvalue weighted by Gasteiger charge is -2.12. The summed E-state index contributed by atoms with van der Waals surface area (Å²) in [6.07, 6.45) is 0.636. The lowest BCUT2D eigenvalue weighted by molar-refractivity contribution is 0.620. The molecule has 0 bridgehead atoms. The minimum Gasteiger partial charge on any atom is -0.292 e. The van der Waals surface area contributed by atoms with Crippen LogP contribution >= 0.6 is 11.3 Å². The van der Waals surface area contributed by atoms with E-state index in [-0.39, 0.29) is 11.4 Å². The smallest absolute Gasteiger partial charge is 0.263 e. The van der Waals surface area contributed by atoms with E-state index in [4.69, 9.17) is 4.98 Å². The molecule has 4 rings (SSSR count). The summed E-state index contributed by atoms with van der Waals surface area (Å²) in [6.45, 7) is 6.44. The van der Waals surface area contributed by atoms with Gasteiger partial charge in [-0.05, 0) is 48.2 Å². The van der Waals surface area contributed by atoms with Gasteiger partial charge in [-0.1, -0.05) is 37.3 Å². The Balaban J connectivity index is 1.91. The van der Waals surface area contributed by atoms with Crippen LogP contribution in [0.1, 0.15) is 29.4 Å². The Morgan fingerprint density at radius 3 is 2.64 bits per heavy atom. The molecule has 4 aromatic rings. The van der Waals surface area contributed by atoms with Crippen molar-refractivity contribution in [3.63, 3.8) is 0 Å². The monoisotopic (exact) mass is 392 g/mol. The van der Waals surface area contributed by atoms with Crippen molar-refractivity contribution >= 4 is 21.6 Å². The van der Waals surface area contributed by atoms with Crippen molar-refractivity contribution in [2.75, 3.05) is 0 Å². The highest BCUT2D eigenvalue weighted by atomic mass is 32.1. The van der Waals surface area contributed by atoms with Gasteiger partial charge >= 0.3 is 0 Å². The van der Waals surface area contributed by atoms with Gasteiger partial charge in [-0.25, -0.2) is 9.37 Å². The first-order chi connectivity index (χ1) is 13.5. The highest BCUT2D eigenvalue weighted by Gasteiger charge is 2.17. The molecule has 0 spiro atoms. The highest BCUT2D eigenvalue weighted by Crippen LogP contribution is 2.32. The van der Waals surface area contributed by atoms with E-state index in [1.807, 2.05) is 24.4 Å². The Hall–Kier alpha value is -2.79. The maximum Gasteiger partial charge on any atom is 0.263 e. The van der Waals surface area contributed by atoms with Gasteiger partial charge in [0.05, 0.1) is 11.9 Å². The van der Waals surface area contributed by atoms with Crippen molar-refractivity contribution in [2.45, 2.75) is 33.7 Å². The summed E-state index contributed by atoms with van der Waals surface area (Å²) >= 11 is 1.50. The molecule has 0 unspecified atom stereocenters. The molecule has 0 radical (unpaired) electrons. The molecule has 3 nitrogen and oxygen atoms in total. The molecule has 0 atom stereocenters. The fraction of sp³-hybridized carbons (Fsp3) is 0.217. The molecule has 2 heterocycles. The maximum atomic E-state index is 13.6. The van der Waals surface area contributed by atoms with Crippen LogP contribution in [0.25, 0.3) is 21.3 Å². The van der Waals surface area contributed by atoms with E-state index in [2.05, 4.69) is 26.0 Å².